The van der Waals surface area contributed by atoms with E-state index in [0.29, 0.717) is 31.0 Å². The van der Waals surface area contributed by atoms with Crippen molar-refractivity contribution in [3.05, 3.63) is 52.6 Å². The molecule has 0 saturated carbocycles. The van der Waals surface area contributed by atoms with Gasteiger partial charge in [-0.05, 0) is 37.1 Å². The van der Waals surface area contributed by atoms with Crippen LogP contribution in [-0.4, -0.2) is 33.9 Å². The Morgan fingerprint density at radius 1 is 1.30 bits per heavy atom. The van der Waals surface area contributed by atoms with Gasteiger partial charge in [0, 0.05) is 19.2 Å². The fraction of sp³-hybridized carbons (Fsp3) is 0.312. The lowest BCUT2D eigenvalue weighted by atomic mass is 9.98. The van der Waals surface area contributed by atoms with Gasteiger partial charge in [0.15, 0.2) is 0 Å². The summed E-state index contributed by atoms with van der Waals surface area (Å²) >= 11 is 0. The largest absolute Gasteiger partial charge is 0.481 e. The molecule has 23 heavy (non-hydrogen) atoms. The highest BCUT2D eigenvalue weighted by atomic mass is 19.1. The Bertz CT molecular complexity index is 790. The summed E-state index contributed by atoms with van der Waals surface area (Å²) in [6.45, 7) is 1.03. The highest BCUT2D eigenvalue weighted by Gasteiger charge is 2.26. The van der Waals surface area contributed by atoms with Gasteiger partial charge in [0.1, 0.15) is 11.6 Å². The molecule has 1 saturated heterocycles. The molecule has 1 aromatic heterocycles. The van der Waals surface area contributed by atoms with Crippen molar-refractivity contribution in [2.75, 3.05) is 18.0 Å². The molecule has 1 unspecified atom stereocenters. The number of anilines is 1. The van der Waals surface area contributed by atoms with E-state index in [1.54, 1.807) is 12.1 Å². The third-order valence-corrected chi connectivity index (χ3v) is 3.93. The SMILES string of the molecule is O=C(O)C1CCCN(c2ccc(=O)n(-c3cccc(F)c3)n2)C1. The zero-order chi connectivity index (χ0) is 16.4. The van der Waals surface area contributed by atoms with Crippen molar-refractivity contribution in [3.8, 4) is 5.69 Å². The molecule has 0 bridgehead atoms. The summed E-state index contributed by atoms with van der Waals surface area (Å²) in [6, 6.07) is 8.55. The van der Waals surface area contributed by atoms with Crippen molar-refractivity contribution in [1.82, 2.24) is 9.78 Å². The van der Waals surface area contributed by atoms with E-state index in [1.807, 2.05) is 4.90 Å². The number of carbonyl (C=O) groups is 1. The second-order valence-corrected chi connectivity index (χ2v) is 5.54. The third-order valence-electron chi connectivity index (χ3n) is 3.93. The maximum absolute atomic E-state index is 13.4. The first-order valence-electron chi connectivity index (χ1n) is 7.38. The number of nitrogens with zero attached hydrogens (tertiary/aromatic N) is 3. The van der Waals surface area contributed by atoms with E-state index < -0.39 is 17.7 Å². The van der Waals surface area contributed by atoms with Gasteiger partial charge >= 0.3 is 5.97 Å². The lowest BCUT2D eigenvalue weighted by Crippen LogP contribution is -2.40. The van der Waals surface area contributed by atoms with E-state index in [-0.39, 0.29) is 5.56 Å². The first kappa shape index (κ1) is 15.2. The molecular weight excluding hydrogens is 301 g/mol. The lowest BCUT2D eigenvalue weighted by molar-refractivity contribution is -0.141. The number of carboxylic acids is 1. The summed E-state index contributed by atoms with van der Waals surface area (Å²) in [5.74, 6) is -1.21. The second-order valence-electron chi connectivity index (χ2n) is 5.54. The van der Waals surface area contributed by atoms with Crippen LogP contribution in [0.2, 0.25) is 0 Å². The molecule has 7 heteroatoms. The predicted molar refractivity (Wildman–Crippen MR) is 82.4 cm³/mol. The van der Waals surface area contributed by atoms with Crippen LogP contribution in [0.4, 0.5) is 10.2 Å². The van der Waals surface area contributed by atoms with Crippen LogP contribution < -0.4 is 10.5 Å². The van der Waals surface area contributed by atoms with Crippen LogP contribution in [0.5, 0.6) is 0 Å². The van der Waals surface area contributed by atoms with Crippen LogP contribution in [-0.2, 0) is 4.79 Å². The van der Waals surface area contributed by atoms with E-state index in [2.05, 4.69) is 5.10 Å². The molecule has 2 aromatic rings. The van der Waals surface area contributed by atoms with Crippen molar-refractivity contribution in [2.45, 2.75) is 12.8 Å². The van der Waals surface area contributed by atoms with Crippen LogP contribution in [0.25, 0.3) is 5.69 Å². The normalized spacial score (nSPS) is 18.0. The van der Waals surface area contributed by atoms with Crippen molar-refractivity contribution in [3.63, 3.8) is 0 Å². The minimum absolute atomic E-state index is 0.337. The molecule has 1 fully saturated rings. The maximum Gasteiger partial charge on any atom is 0.308 e. The summed E-state index contributed by atoms with van der Waals surface area (Å²) in [6.07, 6.45) is 1.38. The first-order valence-corrected chi connectivity index (χ1v) is 7.38. The Balaban J connectivity index is 1.94. The van der Waals surface area contributed by atoms with E-state index in [0.717, 1.165) is 11.1 Å². The molecule has 1 N–H and O–H groups in total. The Hall–Kier alpha value is -2.70. The summed E-state index contributed by atoms with van der Waals surface area (Å²) in [5.41, 5.74) is -0.0326. The monoisotopic (exact) mass is 317 g/mol. The molecule has 0 radical (unpaired) electrons. The first-order chi connectivity index (χ1) is 11.0. The van der Waals surface area contributed by atoms with Crippen LogP contribution in [0.15, 0.2) is 41.2 Å². The topological polar surface area (TPSA) is 75.4 Å². The molecule has 0 amide bonds. The molecule has 1 atom stereocenters. The molecule has 3 rings (SSSR count). The molecule has 2 heterocycles. The average Bonchev–Trinajstić information content (AvgIpc) is 2.55. The number of rotatable bonds is 3. The molecule has 0 spiro atoms. The van der Waals surface area contributed by atoms with Gasteiger partial charge in [-0.25, -0.2) is 4.39 Å². The maximum atomic E-state index is 13.4. The number of aliphatic carboxylic acids is 1. The van der Waals surface area contributed by atoms with Crippen molar-refractivity contribution in [2.24, 2.45) is 5.92 Å². The Labute approximate surface area is 131 Å². The molecule has 1 aromatic carbocycles. The van der Waals surface area contributed by atoms with Crippen LogP contribution >= 0.6 is 0 Å². The molecule has 120 valence electrons. The molecule has 1 aliphatic heterocycles. The summed E-state index contributed by atoms with van der Waals surface area (Å²) in [5, 5.41) is 13.4. The number of halogens is 1. The van der Waals surface area contributed by atoms with Crippen molar-refractivity contribution >= 4 is 11.8 Å². The number of piperidine rings is 1. The Kier molecular flexibility index (Phi) is 4.10. The average molecular weight is 317 g/mol. The van der Waals surface area contributed by atoms with E-state index in [9.17, 15) is 14.0 Å². The van der Waals surface area contributed by atoms with Crippen molar-refractivity contribution in [1.29, 1.82) is 0 Å². The van der Waals surface area contributed by atoms with Crippen molar-refractivity contribution < 1.29 is 14.3 Å². The van der Waals surface area contributed by atoms with Gasteiger partial charge in [-0.1, -0.05) is 6.07 Å². The van der Waals surface area contributed by atoms with Gasteiger partial charge in [0.2, 0.25) is 0 Å². The van der Waals surface area contributed by atoms with E-state index >= 15 is 0 Å². The highest BCUT2D eigenvalue weighted by Crippen LogP contribution is 2.21. The number of hydrogen-bond donors (Lipinski definition) is 1. The number of benzene rings is 1. The number of hydrogen-bond acceptors (Lipinski definition) is 4. The van der Waals surface area contributed by atoms with Gasteiger partial charge in [0.05, 0.1) is 11.6 Å². The van der Waals surface area contributed by atoms with Crippen LogP contribution in [0, 0.1) is 11.7 Å². The summed E-state index contributed by atoms with van der Waals surface area (Å²) in [4.78, 5) is 25.0. The molecule has 6 nitrogen and oxygen atoms in total. The number of carboxylic acid groups (broad SMARTS) is 1. The van der Waals surface area contributed by atoms with E-state index in [1.165, 1.54) is 24.3 Å². The van der Waals surface area contributed by atoms with Crippen LogP contribution in [0.3, 0.4) is 0 Å². The molecule has 0 aliphatic carbocycles. The van der Waals surface area contributed by atoms with Gasteiger partial charge in [-0.15, -0.1) is 5.10 Å². The van der Waals surface area contributed by atoms with Crippen LogP contribution in [0.1, 0.15) is 12.8 Å². The molecular formula is C16H16FN3O3. The second kappa shape index (κ2) is 6.20. The summed E-state index contributed by atoms with van der Waals surface area (Å²) < 4.78 is 14.5. The fourth-order valence-corrected chi connectivity index (χ4v) is 2.75. The standard InChI is InChI=1S/C16H16FN3O3/c17-12-4-1-5-13(9-12)20-15(21)7-6-14(18-20)19-8-2-3-11(10-19)16(22)23/h1,4-7,9,11H,2-3,8,10H2,(H,22,23). The van der Waals surface area contributed by atoms with Gasteiger partial charge in [0.25, 0.3) is 5.56 Å². The van der Waals surface area contributed by atoms with Gasteiger partial charge in [-0.2, -0.15) is 4.68 Å². The van der Waals surface area contributed by atoms with E-state index in [4.69, 9.17) is 5.11 Å². The zero-order valence-electron chi connectivity index (χ0n) is 12.4. The highest BCUT2D eigenvalue weighted by molar-refractivity contribution is 5.71. The quantitative estimate of drug-likeness (QED) is 0.932. The number of aromatic nitrogens is 2. The lowest BCUT2D eigenvalue weighted by Gasteiger charge is -2.31. The smallest absolute Gasteiger partial charge is 0.308 e. The fourth-order valence-electron chi connectivity index (χ4n) is 2.75. The minimum Gasteiger partial charge on any atom is -0.481 e. The van der Waals surface area contributed by atoms with Gasteiger partial charge in [-0.3, -0.25) is 9.59 Å². The summed E-state index contributed by atoms with van der Waals surface area (Å²) in [7, 11) is 0. The third kappa shape index (κ3) is 3.23. The van der Waals surface area contributed by atoms with Gasteiger partial charge < -0.3 is 10.0 Å². The minimum atomic E-state index is -0.826. The Morgan fingerprint density at radius 3 is 2.87 bits per heavy atom. The molecule has 1 aliphatic rings. The predicted octanol–water partition coefficient (Wildman–Crippen LogP) is 1.67. The Morgan fingerprint density at radius 2 is 2.13 bits per heavy atom. The zero-order valence-corrected chi connectivity index (χ0v) is 12.4.